The summed E-state index contributed by atoms with van der Waals surface area (Å²) in [5.41, 5.74) is 0.213. The highest BCUT2D eigenvalue weighted by atomic mass is 16.7. The molecular formula is C20H26BNO3. The van der Waals surface area contributed by atoms with Crippen molar-refractivity contribution >= 4 is 7.12 Å². The third-order valence-corrected chi connectivity index (χ3v) is 6.86. The van der Waals surface area contributed by atoms with E-state index in [9.17, 15) is 5.26 Å². The van der Waals surface area contributed by atoms with Gasteiger partial charge in [0.05, 0.1) is 35.9 Å². The summed E-state index contributed by atoms with van der Waals surface area (Å²) in [6.45, 7) is 9.53. The van der Waals surface area contributed by atoms with Gasteiger partial charge in [-0.3, -0.25) is 0 Å². The minimum absolute atomic E-state index is 0.0334. The third kappa shape index (κ3) is 2.39. The Hall–Kier alpha value is -1.35. The molecule has 2 bridgehead atoms. The van der Waals surface area contributed by atoms with Crippen molar-refractivity contribution in [2.45, 2.75) is 64.2 Å². The van der Waals surface area contributed by atoms with Crippen molar-refractivity contribution in [2.24, 2.45) is 10.8 Å². The van der Waals surface area contributed by atoms with Gasteiger partial charge in [-0.2, -0.15) is 5.26 Å². The number of nitrogens with zero attached hydrogens (tertiary/aromatic N) is 1. The van der Waals surface area contributed by atoms with Crippen molar-refractivity contribution in [2.75, 3.05) is 6.61 Å². The minimum atomic E-state index is -0.359. The Balaban J connectivity index is 1.44. The van der Waals surface area contributed by atoms with E-state index < -0.39 is 0 Å². The van der Waals surface area contributed by atoms with E-state index in [1.54, 1.807) is 0 Å². The van der Waals surface area contributed by atoms with Gasteiger partial charge in [-0.05, 0) is 51.5 Å². The predicted octanol–water partition coefficient (Wildman–Crippen LogP) is 3.97. The molecule has 5 rings (SSSR count). The van der Waals surface area contributed by atoms with Crippen LogP contribution in [0, 0.1) is 22.2 Å². The molecule has 4 fully saturated rings. The first-order valence-electron chi connectivity index (χ1n) is 9.12. The summed E-state index contributed by atoms with van der Waals surface area (Å²) in [6, 6.07) is 12.8. The van der Waals surface area contributed by atoms with E-state index in [0.29, 0.717) is 13.2 Å². The van der Waals surface area contributed by atoms with Gasteiger partial charge in [-0.25, -0.2) is 0 Å². The van der Waals surface area contributed by atoms with Crippen LogP contribution in [0.2, 0.25) is 5.82 Å². The SMILES string of the molecule is CC1(C)OB(C2C3(C#N)CC2(COCc2ccccc2)C3)OC1(C)C. The van der Waals surface area contributed by atoms with Gasteiger partial charge >= 0.3 is 7.12 Å². The number of hydrogen-bond donors (Lipinski definition) is 0. The maximum absolute atomic E-state index is 9.69. The number of nitriles is 1. The molecule has 132 valence electrons. The molecule has 3 saturated carbocycles. The molecule has 0 spiro atoms. The van der Waals surface area contributed by atoms with Crippen LogP contribution in [0.3, 0.4) is 0 Å². The van der Waals surface area contributed by atoms with Crippen molar-refractivity contribution in [3.8, 4) is 6.07 Å². The number of rotatable bonds is 5. The highest BCUT2D eigenvalue weighted by Crippen LogP contribution is 2.82. The second kappa shape index (κ2) is 5.33. The van der Waals surface area contributed by atoms with Crippen molar-refractivity contribution in [1.29, 1.82) is 5.26 Å². The fraction of sp³-hybridized carbons (Fsp3) is 0.650. The maximum atomic E-state index is 9.69. The van der Waals surface area contributed by atoms with Gasteiger partial charge in [-0.1, -0.05) is 30.3 Å². The maximum Gasteiger partial charge on any atom is 0.463 e. The van der Waals surface area contributed by atoms with Crippen LogP contribution >= 0.6 is 0 Å². The lowest BCUT2D eigenvalue weighted by molar-refractivity contribution is -0.207. The fourth-order valence-corrected chi connectivity index (χ4v) is 4.83. The first kappa shape index (κ1) is 17.1. The Morgan fingerprint density at radius 1 is 1.12 bits per heavy atom. The predicted molar refractivity (Wildman–Crippen MR) is 95.6 cm³/mol. The molecule has 0 aromatic heterocycles. The van der Waals surface area contributed by atoms with E-state index in [2.05, 4.69) is 45.9 Å². The topological polar surface area (TPSA) is 51.5 Å². The fourth-order valence-electron chi connectivity index (χ4n) is 4.83. The Labute approximate surface area is 150 Å². The van der Waals surface area contributed by atoms with Gasteiger partial charge in [0, 0.05) is 5.82 Å². The van der Waals surface area contributed by atoms with E-state index in [1.165, 1.54) is 5.56 Å². The molecule has 25 heavy (non-hydrogen) atoms. The number of hydrogen-bond acceptors (Lipinski definition) is 4. The van der Waals surface area contributed by atoms with Crippen LogP contribution in [-0.4, -0.2) is 24.9 Å². The van der Waals surface area contributed by atoms with Gasteiger partial charge in [0.25, 0.3) is 0 Å². The monoisotopic (exact) mass is 339 g/mol. The lowest BCUT2D eigenvalue weighted by atomic mass is 9.22. The van der Waals surface area contributed by atoms with Gasteiger partial charge < -0.3 is 14.0 Å². The lowest BCUT2D eigenvalue weighted by Gasteiger charge is -2.73. The molecule has 4 aliphatic rings. The molecule has 0 amide bonds. The highest BCUT2D eigenvalue weighted by molar-refractivity contribution is 6.49. The van der Waals surface area contributed by atoms with E-state index in [-0.39, 0.29) is 35.0 Å². The Bertz CT molecular complexity index is 687. The second-order valence-electron chi connectivity index (χ2n) is 9.06. The zero-order chi connectivity index (χ0) is 17.9. The van der Waals surface area contributed by atoms with Crippen LogP contribution in [-0.2, 0) is 20.7 Å². The van der Waals surface area contributed by atoms with Gasteiger partial charge in [0.15, 0.2) is 0 Å². The lowest BCUT2D eigenvalue weighted by Crippen LogP contribution is -2.72. The van der Waals surface area contributed by atoms with Gasteiger partial charge in [0.2, 0.25) is 0 Å². The second-order valence-corrected chi connectivity index (χ2v) is 9.06. The molecule has 1 aliphatic heterocycles. The number of ether oxygens (including phenoxy) is 1. The van der Waals surface area contributed by atoms with Crippen molar-refractivity contribution in [3.05, 3.63) is 35.9 Å². The van der Waals surface area contributed by atoms with Crippen LogP contribution in [0.5, 0.6) is 0 Å². The van der Waals surface area contributed by atoms with Crippen LogP contribution < -0.4 is 0 Å². The van der Waals surface area contributed by atoms with Crippen LogP contribution in [0.15, 0.2) is 30.3 Å². The number of benzene rings is 1. The van der Waals surface area contributed by atoms with Crippen molar-refractivity contribution in [1.82, 2.24) is 0 Å². The molecule has 1 unspecified atom stereocenters. The van der Waals surface area contributed by atoms with Crippen LogP contribution in [0.4, 0.5) is 0 Å². The summed E-state index contributed by atoms with van der Waals surface area (Å²) in [5, 5.41) is 9.69. The van der Waals surface area contributed by atoms with Gasteiger partial charge in [0.1, 0.15) is 0 Å². The first-order chi connectivity index (χ1) is 11.7. The minimum Gasteiger partial charge on any atom is -0.403 e. The normalized spacial score (nSPS) is 37.1. The van der Waals surface area contributed by atoms with Crippen molar-refractivity contribution < 1.29 is 14.0 Å². The Kier molecular flexibility index (Phi) is 3.64. The molecule has 3 aliphatic carbocycles. The van der Waals surface area contributed by atoms with E-state index in [0.717, 1.165) is 12.8 Å². The summed E-state index contributed by atoms with van der Waals surface area (Å²) in [6.07, 6.45) is 1.81. The zero-order valence-electron chi connectivity index (χ0n) is 15.5. The van der Waals surface area contributed by atoms with Crippen molar-refractivity contribution in [3.63, 3.8) is 0 Å². The summed E-state index contributed by atoms with van der Waals surface area (Å²) in [4.78, 5) is 0. The summed E-state index contributed by atoms with van der Waals surface area (Å²) >= 11 is 0. The van der Waals surface area contributed by atoms with E-state index >= 15 is 0 Å². The van der Waals surface area contributed by atoms with E-state index in [1.807, 2.05) is 18.2 Å². The largest absolute Gasteiger partial charge is 0.463 e. The first-order valence-corrected chi connectivity index (χ1v) is 9.12. The molecule has 1 saturated heterocycles. The Morgan fingerprint density at radius 3 is 2.28 bits per heavy atom. The van der Waals surface area contributed by atoms with Crippen LogP contribution in [0.25, 0.3) is 0 Å². The average Bonchev–Trinajstić information content (AvgIpc) is 2.69. The highest BCUT2D eigenvalue weighted by Gasteiger charge is 2.81. The third-order valence-electron chi connectivity index (χ3n) is 6.86. The van der Waals surface area contributed by atoms with Gasteiger partial charge in [-0.15, -0.1) is 0 Å². The molecule has 1 atom stereocenters. The molecule has 1 aromatic carbocycles. The summed E-state index contributed by atoms with van der Waals surface area (Å²) in [5.74, 6) is 0.113. The molecule has 1 heterocycles. The zero-order valence-corrected chi connectivity index (χ0v) is 15.5. The molecule has 5 heteroatoms. The van der Waals surface area contributed by atoms with Crippen LogP contribution in [0.1, 0.15) is 46.1 Å². The quantitative estimate of drug-likeness (QED) is 0.762. The summed E-state index contributed by atoms with van der Waals surface area (Å²) < 4.78 is 18.5. The molecule has 0 radical (unpaired) electrons. The van der Waals surface area contributed by atoms with E-state index in [4.69, 9.17) is 14.0 Å². The molecule has 1 aromatic rings. The Morgan fingerprint density at radius 2 is 1.72 bits per heavy atom. The standard InChI is InChI=1S/C20H26BNO3/c1-17(2)18(3,4)25-21(24-17)16-19(13-22)11-20(16,12-19)14-23-10-15-8-6-5-7-9-15/h5-9,16H,10-12,14H2,1-4H3. The molecular weight excluding hydrogens is 313 g/mol. The summed E-state index contributed by atoms with van der Waals surface area (Å²) in [7, 11) is -0.313. The average molecular weight is 339 g/mol. The smallest absolute Gasteiger partial charge is 0.403 e. The molecule has 4 nitrogen and oxygen atoms in total. The molecule has 0 N–H and O–H groups in total.